The average molecular weight is 293 g/mol. The highest BCUT2D eigenvalue weighted by atomic mass is 32.1. The zero-order chi connectivity index (χ0) is 13.9. The molecule has 3 heterocycles. The van der Waals surface area contributed by atoms with Gasteiger partial charge in [-0.2, -0.15) is 4.98 Å². The van der Waals surface area contributed by atoms with Crippen LogP contribution in [0.25, 0.3) is 11.2 Å². The van der Waals surface area contributed by atoms with Crippen molar-refractivity contribution in [3.63, 3.8) is 0 Å². The second-order valence-corrected chi connectivity index (χ2v) is 5.45. The van der Waals surface area contributed by atoms with Crippen molar-refractivity contribution in [3.05, 3.63) is 11.1 Å². The Labute approximate surface area is 122 Å². The van der Waals surface area contributed by atoms with Gasteiger partial charge in [0, 0.05) is 13.1 Å². The van der Waals surface area contributed by atoms with Gasteiger partial charge in [-0.05, 0) is 38.1 Å². The summed E-state index contributed by atoms with van der Waals surface area (Å²) in [5.74, 6) is 0.540. The molecule has 2 aromatic rings. The normalized spacial score (nSPS) is 16.6. The highest BCUT2D eigenvalue weighted by molar-refractivity contribution is 7.71. The molecule has 20 heavy (non-hydrogen) atoms. The van der Waals surface area contributed by atoms with Gasteiger partial charge < -0.3 is 19.2 Å². The number of aromatic amines is 1. The third-order valence-electron chi connectivity index (χ3n) is 3.81. The molecule has 0 amide bonds. The third kappa shape index (κ3) is 2.55. The standard InChI is InChI=1S/C13H19N5OS/c1-19-12-10-11(14-9-15-12)18(13(20)16-10)8-7-17-5-3-2-4-6-17/h9H,2-8H2,1H3,(H,16,20). The van der Waals surface area contributed by atoms with E-state index in [1.54, 1.807) is 7.11 Å². The van der Waals surface area contributed by atoms with Crippen LogP contribution in [-0.4, -0.2) is 51.2 Å². The number of piperidine rings is 1. The second-order valence-electron chi connectivity index (χ2n) is 5.07. The number of nitrogens with one attached hydrogen (secondary N) is 1. The molecule has 1 aliphatic rings. The number of fused-ring (bicyclic) bond motifs is 1. The molecule has 0 aliphatic carbocycles. The van der Waals surface area contributed by atoms with Crippen molar-refractivity contribution in [2.45, 2.75) is 25.8 Å². The van der Waals surface area contributed by atoms with Crippen molar-refractivity contribution >= 4 is 23.4 Å². The Balaban J connectivity index is 1.84. The summed E-state index contributed by atoms with van der Waals surface area (Å²) >= 11 is 5.39. The van der Waals surface area contributed by atoms with Crippen LogP contribution in [0.5, 0.6) is 5.88 Å². The Morgan fingerprint density at radius 1 is 1.25 bits per heavy atom. The molecule has 1 aliphatic heterocycles. The van der Waals surface area contributed by atoms with E-state index >= 15 is 0 Å². The first-order chi connectivity index (χ1) is 9.79. The summed E-state index contributed by atoms with van der Waals surface area (Å²) in [6, 6.07) is 0. The lowest BCUT2D eigenvalue weighted by Crippen LogP contribution is -2.32. The fraction of sp³-hybridized carbons (Fsp3) is 0.615. The van der Waals surface area contributed by atoms with Crippen molar-refractivity contribution in [1.29, 1.82) is 0 Å². The minimum Gasteiger partial charge on any atom is -0.479 e. The number of H-pyrrole nitrogens is 1. The van der Waals surface area contributed by atoms with Crippen LogP contribution >= 0.6 is 12.2 Å². The van der Waals surface area contributed by atoms with Crippen molar-refractivity contribution in [3.8, 4) is 5.88 Å². The molecule has 3 rings (SSSR count). The first-order valence-corrected chi connectivity index (χ1v) is 7.40. The highest BCUT2D eigenvalue weighted by Gasteiger charge is 2.14. The molecular weight excluding hydrogens is 274 g/mol. The average Bonchev–Trinajstić information content (AvgIpc) is 2.81. The van der Waals surface area contributed by atoms with E-state index in [0.717, 1.165) is 24.3 Å². The summed E-state index contributed by atoms with van der Waals surface area (Å²) in [4.78, 5) is 14.1. The molecule has 0 saturated carbocycles. The summed E-state index contributed by atoms with van der Waals surface area (Å²) in [6.07, 6.45) is 5.47. The minimum atomic E-state index is 0.540. The number of rotatable bonds is 4. The first-order valence-electron chi connectivity index (χ1n) is 6.99. The molecule has 6 nitrogen and oxygen atoms in total. The number of likely N-dealkylation sites (tertiary alicyclic amines) is 1. The molecule has 7 heteroatoms. The fourth-order valence-corrected chi connectivity index (χ4v) is 3.01. The van der Waals surface area contributed by atoms with E-state index in [9.17, 15) is 0 Å². The number of hydrogen-bond donors (Lipinski definition) is 1. The zero-order valence-electron chi connectivity index (χ0n) is 11.6. The molecule has 0 unspecified atom stereocenters. The Morgan fingerprint density at radius 3 is 2.80 bits per heavy atom. The smallest absolute Gasteiger partial charge is 0.242 e. The van der Waals surface area contributed by atoms with Gasteiger partial charge in [0.15, 0.2) is 10.4 Å². The Hall–Kier alpha value is -1.47. The quantitative estimate of drug-likeness (QED) is 0.874. The van der Waals surface area contributed by atoms with Crippen LogP contribution in [0.15, 0.2) is 6.33 Å². The van der Waals surface area contributed by atoms with Crippen molar-refractivity contribution < 1.29 is 4.74 Å². The van der Waals surface area contributed by atoms with Gasteiger partial charge in [-0.25, -0.2) is 4.98 Å². The topological polar surface area (TPSA) is 59.0 Å². The van der Waals surface area contributed by atoms with Crippen LogP contribution in [0.1, 0.15) is 19.3 Å². The molecule has 2 aromatic heterocycles. The van der Waals surface area contributed by atoms with Crippen LogP contribution in [0.4, 0.5) is 0 Å². The fourth-order valence-electron chi connectivity index (χ4n) is 2.73. The van der Waals surface area contributed by atoms with Crippen molar-refractivity contribution in [1.82, 2.24) is 24.4 Å². The number of ether oxygens (including phenoxy) is 1. The van der Waals surface area contributed by atoms with Gasteiger partial charge in [0.1, 0.15) is 11.8 Å². The Kier molecular flexibility index (Phi) is 3.98. The van der Waals surface area contributed by atoms with E-state index in [0.29, 0.717) is 10.7 Å². The summed E-state index contributed by atoms with van der Waals surface area (Å²) in [7, 11) is 1.60. The zero-order valence-corrected chi connectivity index (χ0v) is 12.4. The van der Waals surface area contributed by atoms with Gasteiger partial charge in [0.25, 0.3) is 0 Å². The molecule has 0 spiro atoms. The van der Waals surface area contributed by atoms with Gasteiger partial charge in [-0.3, -0.25) is 0 Å². The SMILES string of the molecule is COc1ncnc2c1[nH]c(=S)n2CCN1CCCCC1. The van der Waals surface area contributed by atoms with E-state index < -0.39 is 0 Å². The summed E-state index contributed by atoms with van der Waals surface area (Å²) < 4.78 is 7.95. The van der Waals surface area contributed by atoms with E-state index in [1.165, 1.54) is 38.7 Å². The van der Waals surface area contributed by atoms with Crippen LogP contribution in [0.2, 0.25) is 0 Å². The molecule has 108 valence electrons. The highest BCUT2D eigenvalue weighted by Crippen LogP contribution is 2.20. The van der Waals surface area contributed by atoms with Crippen molar-refractivity contribution in [2.24, 2.45) is 0 Å². The summed E-state index contributed by atoms with van der Waals surface area (Å²) in [6.45, 7) is 4.23. The monoisotopic (exact) mass is 293 g/mol. The van der Waals surface area contributed by atoms with E-state index in [1.807, 2.05) is 4.57 Å². The Morgan fingerprint density at radius 2 is 2.05 bits per heavy atom. The number of methoxy groups -OCH3 is 1. The maximum Gasteiger partial charge on any atom is 0.242 e. The van der Waals surface area contributed by atoms with Gasteiger partial charge in [0.2, 0.25) is 5.88 Å². The molecular formula is C13H19N5OS. The lowest BCUT2D eigenvalue weighted by molar-refractivity contribution is 0.221. The van der Waals surface area contributed by atoms with Crippen molar-refractivity contribution in [2.75, 3.05) is 26.7 Å². The van der Waals surface area contributed by atoms with Gasteiger partial charge >= 0.3 is 0 Å². The molecule has 0 atom stereocenters. The number of nitrogens with zero attached hydrogens (tertiary/aromatic N) is 4. The summed E-state index contributed by atoms with van der Waals surface area (Å²) in [5.41, 5.74) is 1.59. The summed E-state index contributed by atoms with van der Waals surface area (Å²) in [5, 5.41) is 0. The first kappa shape index (κ1) is 13.5. The number of imidazole rings is 1. The Bertz CT molecular complexity index is 644. The predicted molar refractivity (Wildman–Crippen MR) is 79.6 cm³/mol. The van der Waals surface area contributed by atoms with Crippen LogP contribution in [-0.2, 0) is 6.54 Å². The van der Waals surface area contributed by atoms with E-state index in [-0.39, 0.29) is 0 Å². The molecule has 0 aromatic carbocycles. The van der Waals surface area contributed by atoms with E-state index in [4.69, 9.17) is 17.0 Å². The molecule has 1 saturated heterocycles. The number of hydrogen-bond acceptors (Lipinski definition) is 5. The molecule has 0 bridgehead atoms. The third-order valence-corrected chi connectivity index (χ3v) is 4.13. The van der Waals surface area contributed by atoms with Crippen LogP contribution in [0.3, 0.4) is 0 Å². The number of aromatic nitrogens is 4. The largest absolute Gasteiger partial charge is 0.479 e. The van der Waals surface area contributed by atoms with Gasteiger partial charge in [0.05, 0.1) is 7.11 Å². The minimum absolute atomic E-state index is 0.540. The molecule has 1 fully saturated rings. The van der Waals surface area contributed by atoms with Gasteiger partial charge in [-0.1, -0.05) is 6.42 Å². The predicted octanol–water partition coefficient (Wildman–Crippen LogP) is 1.98. The van der Waals surface area contributed by atoms with Crippen LogP contribution < -0.4 is 4.74 Å². The second kappa shape index (κ2) is 5.88. The molecule has 0 radical (unpaired) electrons. The maximum absolute atomic E-state index is 5.39. The lowest BCUT2D eigenvalue weighted by atomic mass is 10.1. The maximum atomic E-state index is 5.39. The lowest BCUT2D eigenvalue weighted by Gasteiger charge is -2.26. The van der Waals surface area contributed by atoms with E-state index in [2.05, 4.69) is 19.9 Å². The van der Waals surface area contributed by atoms with Crippen LogP contribution in [0, 0.1) is 4.77 Å². The van der Waals surface area contributed by atoms with Gasteiger partial charge in [-0.15, -0.1) is 0 Å². The molecule has 1 N–H and O–H groups in total.